The molecule has 2 atom stereocenters. The number of hydrogen-bond donors (Lipinski definition) is 0. The van der Waals surface area contributed by atoms with Gasteiger partial charge in [-0.1, -0.05) is 11.6 Å². The SMILES string of the molecule is FC(F)c1ncc(N2C[C@@H]3CC(F)(F)C[C@@H]3C2)nc1Cl. The first-order valence-electron chi connectivity index (χ1n) is 6.29. The number of fused-ring (bicyclic) bond motifs is 1. The number of aromatic nitrogens is 2. The van der Waals surface area contributed by atoms with Gasteiger partial charge in [0.2, 0.25) is 5.92 Å². The second kappa shape index (κ2) is 4.72. The summed E-state index contributed by atoms with van der Waals surface area (Å²) in [5, 5.41) is -0.333. The lowest BCUT2D eigenvalue weighted by Gasteiger charge is -2.20. The van der Waals surface area contributed by atoms with Crippen LogP contribution >= 0.6 is 11.6 Å². The number of alkyl halides is 4. The molecule has 1 saturated carbocycles. The van der Waals surface area contributed by atoms with Gasteiger partial charge in [-0.15, -0.1) is 0 Å². The van der Waals surface area contributed by atoms with Crippen LogP contribution in [-0.4, -0.2) is 29.0 Å². The van der Waals surface area contributed by atoms with Crippen LogP contribution in [0.5, 0.6) is 0 Å². The zero-order chi connectivity index (χ0) is 14.5. The topological polar surface area (TPSA) is 29.0 Å². The van der Waals surface area contributed by atoms with Crippen molar-refractivity contribution in [3.63, 3.8) is 0 Å². The summed E-state index contributed by atoms with van der Waals surface area (Å²) in [6.45, 7) is 0.887. The van der Waals surface area contributed by atoms with Crippen LogP contribution in [-0.2, 0) is 0 Å². The molecule has 0 radical (unpaired) electrons. The summed E-state index contributed by atoms with van der Waals surface area (Å²) in [4.78, 5) is 9.30. The Labute approximate surface area is 118 Å². The fourth-order valence-corrected chi connectivity index (χ4v) is 3.32. The monoisotopic (exact) mass is 309 g/mol. The molecule has 3 nitrogen and oxygen atoms in total. The minimum Gasteiger partial charge on any atom is -0.355 e. The Morgan fingerprint density at radius 2 is 1.85 bits per heavy atom. The number of hydrogen-bond acceptors (Lipinski definition) is 3. The Hall–Kier alpha value is -1.11. The van der Waals surface area contributed by atoms with Crippen LogP contribution in [0.2, 0.25) is 5.15 Å². The zero-order valence-corrected chi connectivity index (χ0v) is 11.1. The molecule has 20 heavy (non-hydrogen) atoms. The van der Waals surface area contributed by atoms with Crippen LogP contribution in [0.25, 0.3) is 0 Å². The molecule has 0 amide bonds. The van der Waals surface area contributed by atoms with Gasteiger partial charge in [0.1, 0.15) is 11.5 Å². The highest BCUT2D eigenvalue weighted by Gasteiger charge is 2.50. The number of nitrogens with zero attached hydrogens (tertiary/aromatic N) is 3. The molecule has 1 aromatic rings. The van der Waals surface area contributed by atoms with E-state index in [0.717, 1.165) is 0 Å². The fourth-order valence-electron chi connectivity index (χ4n) is 3.10. The van der Waals surface area contributed by atoms with E-state index in [-0.39, 0.29) is 29.8 Å². The van der Waals surface area contributed by atoms with Gasteiger partial charge in [0, 0.05) is 25.9 Å². The van der Waals surface area contributed by atoms with Crippen LogP contribution in [0, 0.1) is 11.8 Å². The zero-order valence-electron chi connectivity index (χ0n) is 10.4. The van der Waals surface area contributed by atoms with Crippen molar-refractivity contribution in [1.82, 2.24) is 9.97 Å². The maximum absolute atomic E-state index is 13.3. The standard InChI is InChI=1S/C12H12ClF4N3/c13-10-9(11(14)15)18-3-8(19-10)20-4-6-1-12(16,17)2-7(6)5-20/h3,6-7,11H,1-2,4-5H2/t6-,7+. The highest BCUT2D eigenvalue weighted by atomic mass is 35.5. The van der Waals surface area contributed by atoms with Gasteiger partial charge in [-0.25, -0.2) is 27.5 Å². The largest absolute Gasteiger partial charge is 0.355 e. The van der Waals surface area contributed by atoms with E-state index >= 15 is 0 Å². The quantitative estimate of drug-likeness (QED) is 0.782. The van der Waals surface area contributed by atoms with Crippen LogP contribution in [0.3, 0.4) is 0 Å². The molecule has 1 saturated heterocycles. The van der Waals surface area contributed by atoms with Crippen molar-refractivity contribution >= 4 is 17.4 Å². The van der Waals surface area contributed by atoms with Crippen molar-refractivity contribution in [2.45, 2.75) is 25.2 Å². The maximum atomic E-state index is 13.3. The Balaban J connectivity index is 1.75. The molecule has 0 aromatic carbocycles. The van der Waals surface area contributed by atoms with E-state index in [1.807, 2.05) is 0 Å². The van der Waals surface area contributed by atoms with E-state index < -0.39 is 18.0 Å². The first-order chi connectivity index (χ1) is 9.35. The molecule has 2 fully saturated rings. The summed E-state index contributed by atoms with van der Waals surface area (Å²) in [7, 11) is 0. The van der Waals surface area contributed by atoms with Gasteiger partial charge in [-0.3, -0.25) is 0 Å². The van der Waals surface area contributed by atoms with Crippen molar-refractivity contribution in [2.75, 3.05) is 18.0 Å². The highest BCUT2D eigenvalue weighted by Crippen LogP contribution is 2.47. The van der Waals surface area contributed by atoms with Gasteiger partial charge in [0.15, 0.2) is 5.15 Å². The minimum atomic E-state index is -2.78. The third kappa shape index (κ3) is 2.43. The van der Waals surface area contributed by atoms with Gasteiger partial charge in [-0.05, 0) is 11.8 Å². The van der Waals surface area contributed by atoms with E-state index in [9.17, 15) is 17.6 Å². The van der Waals surface area contributed by atoms with Gasteiger partial charge >= 0.3 is 0 Å². The molecular weight excluding hydrogens is 298 g/mol. The Morgan fingerprint density at radius 1 is 1.25 bits per heavy atom. The van der Waals surface area contributed by atoms with Gasteiger partial charge in [-0.2, -0.15) is 0 Å². The first-order valence-corrected chi connectivity index (χ1v) is 6.67. The number of anilines is 1. The summed E-state index contributed by atoms with van der Waals surface area (Å²) in [5.74, 6) is -2.37. The molecule has 0 N–H and O–H groups in total. The van der Waals surface area contributed by atoms with E-state index in [1.54, 1.807) is 4.90 Å². The van der Waals surface area contributed by atoms with Crippen LogP contribution < -0.4 is 4.90 Å². The molecule has 1 aromatic heterocycles. The second-order valence-corrected chi connectivity index (χ2v) is 5.75. The molecular formula is C12H12ClF4N3. The lowest BCUT2D eigenvalue weighted by atomic mass is 10.0. The van der Waals surface area contributed by atoms with Crippen LogP contribution in [0.4, 0.5) is 23.4 Å². The molecule has 2 aliphatic rings. The van der Waals surface area contributed by atoms with Crippen molar-refractivity contribution < 1.29 is 17.6 Å². The third-order valence-electron chi connectivity index (χ3n) is 3.97. The van der Waals surface area contributed by atoms with E-state index in [4.69, 9.17) is 11.6 Å². The van der Waals surface area contributed by atoms with Crippen molar-refractivity contribution in [1.29, 1.82) is 0 Å². The van der Waals surface area contributed by atoms with Crippen molar-refractivity contribution in [3.8, 4) is 0 Å². The molecule has 0 unspecified atom stereocenters. The molecule has 0 spiro atoms. The lowest BCUT2D eigenvalue weighted by molar-refractivity contribution is 0.00172. The number of rotatable bonds is 2. The molecule has 0 bridgehead atoms. The smallest absolute Gasteiger partial charge is 0.283 e. The Morgan fingerprint density at radius 3 is 2.35 bits per heavy atom. The predicted octanol–water partition coefficient (Wildman–Crippen LogP) is 3.55. The average molecular weight is 310 g/mol. The fraction of sp³-hybridized carbons (Fsp3) is 0.667. The summed E-state index contributed by atoms with van der Waals surface area (Å²) >= 11 is 5.67. The molecule has 2 heterocycles. The first kappa shape index (κ1) is 13.9. The van der Waals surface area contributed by atoms with Crippen LogP contribution in [0.1, 0.15) is 25.0 Å². The Kier molecular flexibility index (Phi) is 3.27. The summed E-state index contributed by atoms with van der Waals surface area (Å²) in [6, 6.07) is 0. The lowest BCUT2D eigenvalue weighted by Crippen LogP contribution is -2.25. The van der Waals surface area contributed by atoms with E-state index in [0.29, 0.717) is 18.9 Å². The predicted molar refractivity (Wildman–Crippen MR) is 65.4 cm³/mol. The normalized spacial score (nSPS) is 28.2. The van der Waals surface area contributed by atoms with E-state index in [2.05, 4.69) is 9.97 Å². The second-order valence-electron chi connectivity index (χ2n) is 5.39. The summed E-state index contributed by atoms with van der Waals surface area (Å²) in [6.07, 6.45) is -1.79. The average Bonchev–Trinajstić information content (AvgIpc) is 2.81. The molecule has 110 valence electrons. The maximum Gasteiger partial charge on any atom is 0.283 e. The molecule has 1 aliphatic carbocycles. The summed E-state index contributed by atoms with van der Waals surface area (Å²) < 4.78 is 51.6. The molecule has 3 rings (SSSR count). The minimum absolute atomic E-state index is 0.0830. The van der Waals surface area contributed by atoms with Crippen molar-refractivity contribution in [3.05, 3.63) is 17.0 Å². The molecule has 8 heteroatoms. The Bertz CT molecular complexity index is 509. The van der Waals surface area contributed by atoms with Gasteiger partial charge in [0.25, 0.3) is 6.43 Å². The van der Waals surface area contributed by atoms with Gasteiger partial charge in [0.05, 0.1) is 6.20 Å². The van der Waals surface area contributed by atoms with Crippen molar-refractivity contribution in [2.24, 2.45) is 11.8 Å². The van der Waals surface area contributed by atoms with Crippen LogP contribution in [0.15, 0.2) is 6.20 Å². The highest BCUT2D eigenvalue weighted by molar-refractivity contribution is 6.30. The molecule has 1 aliphatic heterocycles. The summed E-state index contributed by atoms with van der Waals surface area (Å²) in [5.41, 5.74) is -0.554. The van der Waals surface area contributed by atoms with Gasteiger partial charge < -0.3 is 4.90 Å². The number of halogens is 5. The van der Waals surface area contributed by atoms with E-state index in [1.165, 1.54) is 6.20 Å². The third-order valence-corrected chi connectivity index (χ3v) is 4.25.